The minimum absolute atomic E-state index is 0.0331. The lowest BCUT2D eigenvalue weighted by atomic mass is 10.1. The molecule has 0 spiro atoms. The van der Waals surface area contributed by atoms with Crippen LogP contribution < -0.4 is 15.5 Å². The number of imide groups is 1. The highest BCUT2D eigenvalue weighted by Gasteiger charge is 2.36. The van der Waals surface area contributed by atoms with Crippen molar-refractivity contribution in [2.24, 2.45) is 5.92 Å². The number of carbonyl (C=O) groups excluding carboxylic acids is 4. The Balaban J connectivity index is 1.81. The van der Waals surface area contributed by atoms with Gasteiger partial charge < -0.3 is 15.0 Å². The summed E-state index contributed by atoms with van der Waals surface area (Å²) in [6.45, 7) is 3.92. The number of amides is 4. The summed E-state index contributed by atoms with van der Waals surface area (Å²) in [4.78, 5) is 48.7. The van der Waals surface area contributed by atoms with Crippen molar-refractivity contribution in [1.82, 2.24) is 10.6 Å². The van der Waals surface area contributed by atoms with E-state index in [2.05, 4.69) is 10.6 Å². The first-order valence-corrected chi connectivity index (χ1v) is 8.52. The summed E-state index contributed by atoms with van der Waals surface area (Å²) in [5.74, 6) is -2.14. The third-order valence-electron chi connectivity index (χ3n) is 3.94. The van der Waals surface area contributed by atoms with Crippen LogP contribution in [0.2, 0.25) is 0 Å². The lowest BCUT2D eigenvalue weighted by Gasteiger charge is -2.16. The summed E-state index contributed by atoms with van der Waals surface area (Å²) < 4.78 is 4.93. The molecular weight excluding hydrogens is 338 g/mol. The van der Waals surface area contributed by atoms with Crippen LogP contribution in [-0.2, 0) is 19.1 Å². The van der Waals surface area contributed by atoms with Crippen molar-refractivity contribution in [3.8, 4) is 0 Å². The SMILES string of the molecule is CCCNC(=O)NC(=O)COC(=O)C1CC(=O)N(c2ccc(C)cc2)C1. The maximum Gasteiger partial charge on any atom is 0.321 e. The molecule has 8 heteroatoms. The normalized spacial score (nSPS) is 16.3. The molecule has 4 amide bonds. The van der Waals surface area contributed by atoms with Gasteiger partial charge in [0, 0.05) is 25.2 Å². The Bertz CT molecular complexity index is 687. The van der Waals surface area contributed by atoms with Crippen LogP contribution in [0.3, 0.4) is 0 Å². The third kappa shape index (κ3) is 5.30. The van der Waals surface area contributed by atoms with Gasteiger partial charge in [-0.2, -0.15) is 0 Å². The molecule has 1 aromatic carbocycles. The molecule has 0 radical (unpaired) electrons. The van der Waals surface area contributed by atoms with E-state index >= 15 is 0 Å². The summed E-state index contributed by atoms with van der Waals surface area (Å²) in [7, 11) is 0. The molecule has 2 N–H and O–H groups in total. The van der Waals surface area contributed by atoms with Crippen LogP contribution in [0.4, 0.5) is 10.5 Å². The number of hydrogen-bond donors (Lipinski definition) is 2. The number of carbonyl (C=O) groups is 4. The van der Waals surface area contributed by atoms with E-state index in [1.807, 2.05) is 38.1 Å². The van der Waals surface area contributed by atoms with E-state index < -0.39 is 30.4 Å². The highest BCUT2D eigenvalue weighted by molar-refractivity contribution is 6.00. The first-order chi connectivity index (χ1) is 12.4. The maximum atomic E-state index is 12.1. The van der Waals surface area contributed by atoms with Gasteiger partial charge in [-0.1, -0.05) is 24.6 Å². The molecular formula is C18H23N3O5. The molecule has 0 bridgehead atoms. The molecule has 1 saturated heterocycles. The summed E-state index contributed by atoms with van der Waals surface area (Å²) in [5.41, 5.74) is 1.80. The lowest BCUT2D eigenvalue weighted by Crippen LogP contribution is -2.42. The zero-order chi connectivity index (χ0) is 19.1. The van der Waals surface area contributed by atoms with Crippen molar-refractivity contribution in [3.63, 3.8) is 0 Å². The van der Waals surface area contributed by atoms with Crippen LogP contribution in [0.25, 0.3) is 0 Å². The number of urea groups is 1. The molecule has 0 aliphatic carbocycles. The van der Waals surface area contributed by atoms with Crippen molar-refractivity contribution in [2.75, 3.05) is 24.6 Å². The van der Waals surface area contributed by atoms with Crippen LogP contribution in [0.5, 0.6) is 0 Å². The Kier molecular flexibility index (Phi) is 6.71. The second-order valence-electron chi connectivity index (χ2n) is 6.15. The molecule has 1 heterocycles. The molecule has 0 aromatic heterocycles. The number of hydrogen-bond acceptors (Lipinski definition) is 5. The zero-order valence-corrected chi connectivity index (χ0v) is 14.9. The number of benzene rings is 1. The van der Waals surface area contributed by atoms with Crippen LogP contribution in [0.1, 0.15) is 25.3 Å². The zero-order valence-electron chi connectivity index (χ0n) is 14.9. The molecule has 1 aliphatic heterocycles. The van der Waals surface area contributed by atoms with Crippen LogP contribution in [0.15, 0.2) is 24.3 Å². The molecule has 1 aromatic rings. The van der Waals surface area contributed by atoms with E-state index in [0.29, 0.717) is 6.54 Å². The minimum Gasteiger partial charge on any atom is -0.455 e. The van der Waals surface area contributed by atoms with Gasteiger partial charge in [-0.15, -0.1) is 0 Å². The number of esters is 1. The summed E-state index contributed by atoms with van der Waals surface area (Å²) in [6, 6.07) is 6.80. The largest absolute Gasteiger partial charge is 0.455 e. The quantitative estimate of drug-likeness (QED) is 0.739. The average molecular weight is 361 g/mol. The van der Waals surface area contributed by atoms with Crippen LogP contribution >= 0.6 is 0 Å². The fourth-order valence-electron chi connectivity index (χ4n) is 2.54. The van der Waals surface area contributed by atoms with Gasteiger partial charge in [0.05, 0.1) is 5.92 Å². The first kappa shape index (κ1) is 19.4. The third-order valence-corrected chi connectivity index (χ3v) is 3.94. The molecule has 26 heavy (non-hydrogen) atoms. The predicted octanol–water partition coefficient (Wildman–Crippen LogP) is 1.13. The fourth-order valence-corrected chi connectivity index (χ4v) is 2.54. The van der Waals surface area contributed by atoms with Crippen molar-refractivity contribution in [1.29, 1.82) is 0 Å². The van der Waals surface area contributed by atoms with E-state index in [4.69, 9.17) is 4.74 Å². The molecule has 2 rings (SSSR count). The van der Waals surface area contributed by atoms with Gasteiger partial charge in [0.25, 0.3) is 5.91 Å². The van der Waals surface area contributed by atoms with Gasteiger partial charge in [-0.3, -0.25) is 19.7 Å². The number of nitrogens with zero attached hydrogens (tertiary/aromatic N) is 1. The Morgan fingerprint density at radius 1 is 1.23 bits per heavy atom. The standard InChI is InChI=1S/C18H23N3O5/c1-3-8-19-18(25)20-15(22)11-26-17(24)13-9-16(23)21(10-13)14-6-4-12(2)5-7-14/h4-7,13H,3,8-11H2,1-2H3,(H2,19,20,22,25). The van der Waals surface area contributed by atoms with E-state index in [1.165, 1.54) is 4.90 Å². The van der Waals surface area contributed by atoms with Gasteiger partial charge in [0.1, 0.15) is 0 Å². The van der Waals surface area contributed by atoms with Crippen molar-refractivity contribution in [2.45, 2.75) is 26.7 Å². The summed E-state index contributed by atoms with van der Waals surface area (Å²) in [5, 5.41) is 4.54. The smallest absolute Gasteiger partial charge is 0.321 e. The number of aryl methyl sites for hydroxylation is 1. The Labute approximate surface area is 151 Å². The fraction of sp³-hybridized carbons (Fsp3) is 0.444. The van der Waals surface area contributed by atoms with Gasteiger partial charge >= 0.3 is 12.0 Å². The number of rotatable bonds is 6. The number of anilines is 1. The molecule has 1 atom stereocenters. The molecule has 140 valence electrons. The molecule has 1 aliphatic rings. The highest BCUT2D eigenvalue weighted by atomic mass is 16.5. The minimum atomic E-state index is -0.716. The molecule has 0 saturated carbocycles. The van der Waals surface area contributed by atoms with E-state index in [9.17, 15) is 19.2 Å². The van der Waals surface area contributed by atoms with Crippen molar-refractivity contribution in [3.05, 3.63) is 29.8 Å². The lowest BCUT2D eigenvalue weighted by molar-refractivity contribution is -0.152. The first-order valence-electron chi connectivity index (χ1n) is 8.52. The number of ether oxygens (including phenoxy) is 1. The number of nitrogens with one attached hydrogen (secondary N) is 2. The van der Waals surface area contributed by atoms with Crippen molar-refractivity contribution >= 4 is 29.5 Å². The molecule has 8 nitrogen and oxygen atoms in total. The van der Waals surface area contributed by atoms with Crippen molar-refractivity contribution < 1.29 is 23.9 Å². The second kappa shape index (κ2) is 8.98. The van der Waals surface area contributed by atoms with Gasteiger partial charge in [-0.25, -0.2) is 4.79 Å². The van der Waals surface area contributed by atoms with Crippen LogP contribution in [0, 0.1) is 12.8 Å². The van der Waals surface area contributed by atoms with E-state index in [-0.39, 0.29) is 18.9 Å². The Morgan fingerprint density at radius 3 is 2.58 bits per heavy atom. The van der Waals surface area contributed by atoms with Gasteiger partial charge in [-0.05, 0) is 25.5 Å². The molecule has 1 unspecified atom stereocenters. The predicted molar refractivity (Wildman–Crippen MR) is 94.4 cm³/mol. The Hall–Kier alpha value is -2.90. The highest BCUT2D eigenvalue weighted by Crippen LogP contribution is 2.26. The Morgan fingerprint density at radius 2 is 1.92 bits per heavy atom. The maximum absolute atomic E-state index is 12.1. The summed E-state index contributed by atoms with van der Waals surface area (Å²) in [6.07, 6.45) is 0.773. The van der Waals surface area contributed by atoms with Gasteiger partial charge in [0.15, 0.2) is 6.61 Å². The summed E-state index contributed by atoms with van der Waals surface area (Å²) >= 11 is 0. The van der Waals surface area contributed by atoms with E-state index in [1.54, 1.807) is 0 Å². The topological polar surface area (TPSA) is 105 Å². The monoisotopic (exact) mass is 361 g/mol. The van der Waals surface area contributed by atoms with Gasteiger partial charge in [0.2, 0.25) is 5.91 Å². The van der Waals surface area contributed by atoms with E-state index in [0.717, 1.165) is 17.7 Å². The molecule has 1 fully saturated rings. The second-order valence-corrected chi connectivity index (χ2v) is 6.15. The van der Waals surface area contributed by atoms with Crippen LogP contribution in [-0.4, -0.2) is 43.5 Å². The average Bonchev–Trinajstić information content (AvgIpc) is 3.00.